The fourth-order valence-electron chi connectivity index (χ4n) is 2.19. The van der Waals surface area contributed by atoms with Crippen LogP contribution in [0.25, 0.3) is 0 Å². The molecule has 1 aliphatic rings. The Hall–Kier alpha value is -1.21. The quantitative estimate of drug-likeness (QED) is 0.823. The molecule has 22 heavy (non-hydrogen) atoms. The van der Waals surface area contributed by atoms with Crippen molar-refractivity contribution in [1.82, 2.24) is 15.1 Å². The maximum atomic E-state index is 12.6. The van der Waals surface area contributed by atoms with E-state index in [1.165, 1.54) is 0 Å². The van der Waals surface area contributed by atoms with Gasteiger partial charge in [0, 0.05) is 13.1 Å². The molecule has 1 aliphatic heterocycles. The summed E-state index contributed by atoms with van der Waals surface area (Å²) in [5.41, 5.74) is -0.537. The van der Waals surface area contributed by atoms with Crippen molar-refractivity contribution in [2.24, 2.45) is 0 Å². The number of ether oxygens (including phenoxy) is 1. The highest BCUT2D eigenvalue weighted by Crippen LogP contribution is 2.21. The topological polar surface area (TPSA) is 72.4 Å². The third-order valence-electron chi connectivity index (χ3n) is 3.15. The minimum atomic E-state index is -1.32. The molecular weight excluding hydrogens is 326 g/mol. The first-order chi connectivity index (χ1) is 10.3. The number of carbonyl (C=O) groups is 1. The first-order valence-electron chi connectivity index (χ1n) is 7.14. The molecule has 0 aromatic carbocycles. The number of hydrogen-bond donors (Lipinski definition) is 0. The zero-order chi connectivity index (χ0) is 16.3. The van der Waals surface area contributed by atoms with Gasteiger partial charge in [-0.1, -0.05) is 11.6 Å². The fraction of sp³-hybridized carbons (Fsp3) is 0.643. The van der Waals surface area contributed by atoms with Gasteiger partial charge in [-0.3, -0.25) is 4.21 Å². The van der Waals surface area contributed by atoms with Gasteiger partial charge in [0.25, 0.3) is 0 Å². The molecule has 0 bridgehead atoms. The third-order valence-corrected chi connectivity index (χ3v) is 4.97. The molecule has 6 nitrogen and oxygen atoms in total. The Morgan fingerprint density at radius 3 is 2.73 bits per heavy atom. The van der Waals surface area contributed by atoms with Crippen molar-refractivity contribution in [3.63, 3.8) is 0 Å². The van der Waals surface area contributed by atoms with Crippen molar-refractivity contribution in [1.29, 1.82) is 0 Å². The molecule has 0 unspecified atom stereocenters. The zero-order valence-electron chi connectivity index (χ0n) is 12.9. The van der Waals surface area contributed by atoms with E-state index in [0.717, 1.165) is 12.8 Å². The molecule has 0 N–H and O–H groups in total. The molecule has 2 rings (SSSR count). The lowest BCUT2D eigenvalue weighted by molar-refractivity contribution is 0.0219. The standard InChI is InChI=1S/C14H20ClN3O3S/c1-14(2,3)21-13(19)18-8-4-5-10(9-18)22(20)12-7-6-11(15)16-17-12/h6-7,10H,4-5,8-9H2,1-3H3/t10-,22+/m0/s1. The van der Waals surface area contributed by atoms with Crippen molar-refractivity contribution >= 4 is 28.5 Å². The van der Waals surface area contributed by atoms with Gasteiger partial charge in [0.15, 0.2) is 5.15 Å². The van der Waals surface area contributed by atoms with Gasteiger partial charge in [0.2, 0.25) is 0 Å². The van der Waals surface area contributed by atoms with E-state index in [-0.39, 0.29) is 16.5 Å². The largest absolute Gasteiger partial charge is 0.444 e. The van der Waals surface area contributed by atoms with Crippen LogP contribution in [0.4, 0.5) is 4.79 Å². The van der Waals surface area contributed by atoms with Crippen LogP contribution in [0.2, 0.25) is 5.15 Å². The number of nitrogens with zero attached hydrogens (tertiary/aromatic N) is 3. The summed E-state index contributed by atoms with van der Waals surface area (Å²) in [5, 5.41) is 8.06. The minimum absolute atomic E-state index is 0.170. The highest BCUT2D eigenvalue weighted by molar-refractivity contribution is 7.85. The van der Waals surface area contributed by atoms with Gasteiger partial charge in [-0.25, -0.2) is 4.79 Å². The maximum absolute atomic E-state index is 12.6. The lowest BCUT2D eigenvalue weighted by atomic mass is 10.1. The van der Waals surface area contributed by atoms with E-state index in [0.29, 0.717) is 18.1 Å². The van der Waals surface area contributed by atoms with Crippen LogP contribution in [0.15, 0.2) is 17.2 Å². The van der Waals surface area contributed by atoms with E-state index < -0.39 is 16.4 Å². The Bertz CT molecular complexity index is 559. The highest BCUT2D eigenvalue weighted by atomic mass is 35.5. The number of amides is 1. The first-order valence-corrected chi connectivity index (χ1v) is 8.73. The van der Waals surface area contributed by atoms with Crippen molar-refractivity contribution in [2.75, 3.05) is 13.1 Å². The van der Waals surface area contributed by atoms with Crippen LogP contribution >= 0.6 is 11.6 Å². The summed E-state index contributed by atoms with van der Waals surface area (Å²) in [6.07, 6.45) is 1.20. The van der Waals surface area contributed by atoms with E-state index in [4.69, 9.17) is 16.3 Å². The fourth-order valence-corrected chi connectivity index (χ4v) is 3.65. The lowest BCUT2D eigenvalue weighted by Gasteiger charge is -2.33. The molecule has 0 spiro atoms. The van der Waals surface area contributed by atoms with Gasteiger partial charge >= 0.3 is 6.09 Å². The average molecular weight is 346 g/mol. The second kappa shape index (κ2) is 6.91. The summed E-state index contributed by atoms with van der Waals surface area (Å²) in [6, 6.07) is 3.17. The van der Waals surface area contributed by atoms with Crippen LogP contribution in [0.5, 0.6) is 0 Å². The molecular formula is C14H20ClN3O3S. The predicted octanol–water partition coefficient (Wildman–Crippen LogP) is 2.64. The average Bonchev–Trinajstić information content (AvgIpc) is 2.46. The SMILES string of the molecule is CC(C)(C)OC(=O)N1CCC[C@H]([S@@](=O)c2ccc(Cl)nn2)C1. The zero-order valence-corrected chi connectivity index (χ0v) is 14.5. The summed E-state index contributed by atoms with van der Waals surface area (Å²) in [6.45, 7) is 6.50. The van der Waals surface area contributed by atoms with Crippen LogP contribution in [0.1, 0.15) is 33.6 Å². The molecule has 1 amide bonds. The molecule has 1 saturated heterocycles. The normalized spacial score (nSPS) is 20.5. The summed E-state index contributed by atoms with van der Waals surface area (Å²) in [4.78, 5) is 13.7. The van der Waals surface area contributed by atoms with Gasteiger partial charge in [0.05, 0.1) is 16.0 Å². The van der Waals surface area contributed by atoms with E-state index >= 15 is 0 Å². The number of carbonyl (C=O) groups excluding carboxylic acids is 1. The highest BCUT2D eigenvalue weighted by Gasteiger charge is 2.31. The molecule has 1 aromatic rings. The number of hydrogen-bond acceptors (Lipinski definition) is 5. The van der Waals surface area contributed by atoms with Crippen LogP contribution in [0, 0.1) is 0 Å². The second-order valence-electron chi connectivity index (χ2n) is 6.18. The number of rotatable bonds is 2. The van der Waals surface area contributed by atoms with Crippen molar-refractivity contribution in [2.45, 2.75) is 49.5 Å². The number of halogens is 1. The Labute approximate surface area is 137 Å². The molecule has 2 atom stereocenters. The summed E-state index contributed by atoms with van der Waals surface area (Å²) >= 11 is 5.69. The molecule has 122 valence electrons. The Kier molecular flexibility index (Phi) is 5.39. The van der Waals surface area contributed by atoms with Gasteiger partial charge in [-0.05, 0) is 45.7 Å². The van der Waals surface area contributed by atoms with Crippen LogP contribution in [-0.4, -0.2) is 49.3 Å². The van der Waals surface area contributed by atoms with E-state index in [9.17, 15) is 9.00 Å². The molecule has 1 aromatic heterocycles. The van der Waals surface area contributed by atoms with Crippen LogP contribution < -0.4 is 0 Å². The molecule has 2 heterocycles. The predicted molar refractivity (Wildman–Crippen MR) is 84.3 cm³/mol. The van der Waals surface area contributed by atoms with E-state index in [1.807, 2.05) is 20.8 Å². The number of piperidine rings is 1. The Morgan fingerprint density at radius 1 is 1.41 bits per heavy atom. The van der Waals surface area contributed by atoms with Crippen molar-refractivity contribution in [3.05, 3.63) is 17.3 Å². The van der Waals surface area contributed by atoms with Crippen LogP contribution in [0.3, 0.4) is 0 Å². The molecule has 0 radical (unpaired) electrons. The summed E-state index contributed by atoms with van der Waals surface area (Å²) < 4.78 is 17.9. The van der Waals surface area contributed by atoms with Gasteiger partial charge in [-0.15, -0.1) is 10.2 Å². The second-order valence-corrected chi connectivity index (χ2v) is 8.25. The molecule has 1 fully saturated rings. The maximum Gasteiger partial charge on any atom is 0.410 e. The minimum Gasteiger partial charge on any atom is -0.444 e. The van der Waals surface area contributed by atoms with Crippen molar-refractivity contribution in [3.8, 4) is 0 Å². The Balaban J connectivity index is 2.02. The number of aromatic nitrogens is 2. The lowest BCUT2D eigenvalue weighted by Crippen LogP contribution is -2.45. The van der Waals surface area contributed by atoms with E-state index in [1.54, 1.807) is 17.0 Å². The number of likely N-dealkylation sites (tertiary alicyclic amines) is 1. The smallest absolute Gasteiger partial charge is 0.410 e. The van der Waals surface area contributed by atoms with Gasteiger partial charge in [0.1, 0.15) is 10.6 Å². The molecule has 0 saturated carbocycles. The van der Waals surface area contributed by atoms with Gasteiger partial charge < -0.3 is 9.64 Å². The molecule has 8 heteroatoms. The summed E-state index contributed by atoms with van der Waals surface area (Å²) in [7, 11) is -1.32. The van der Waals surface area contributed by atoms with Gasteiger partial charge in [-0.2, -0.15) is 0 Å². The monoisotopic (exact) mass is 345 g/mol. The van der Waals surface area contributed by atoms with Crippen LogP contribution in [-0.2, 0) is 15.5 Å². The van der Waals surface area contributed by atoms with Crippen molar-refractivity contribution < 1.29 is 13.7 Å². The molecule has 0 aliphatic carbocycles. The van der Waals surface area contributed by atoms with E-state index in [2.05, 4.69) is 10.2 Å². The summed E-state index contributed by atoms with van der Waals surface area (Å²) in [5.74, 6) is 0. The third kappa shape index (κ3) is 4.64. The first kappa shape index (κ1) is 17.1. The Morgan fingerprint density at radius 2 is 2.14 bits per heavy atom.